The van der Waals surface area contributed by atoms with Gasteiger partial charge in [0, 0.05) is 28.6 Å². The van der Waals surface area contributed by atoms with Crippen LogP contribution < -0.4 is 0 Å². The van der Waals surface area contributed by atoms with Gasteiger partial charge in [0.05, 0.1) is 0 Å². The number of H-pyrrole nitrogens is 1. The van der Waals surface area contributed by atoms with E-state index in [0.717, 1.165) is 36.9 Å². The lowest BCUT2D eigenvalue weighted by Crippen LogP contribution is -1.96. The minimum atomic E-state index is 0.842. The Bertz CT molecular complexity index is 566. The van der Waals surface area contributed by atoms with Crippen LogP contribution in [0, 0.1) is 0 Å². The Morgan fingerprint density at radius 2 is 2.41 bits per heavy atom. The van der Waals surface area contributed by atoms with Gasteiger partial charge in [0.1, 0.15) is 12.1 Å². The number of carbonyl (C=O) groups is 1. The summed E-state index contributed by atoms with van der Waals surface area (Å²) in [4.78, 5) is 20.6. The van der Waals surface area contributed by atoms with Gasteiger partial charge in [-0.25, -0.2) is 4.98 Å². The van der Waals surface area contributed by atoms with Crippen molar-refractivity contribution in [2.45, 2.75) is 19.3 Å². The van der Waals surface area contributed by atoms with Crippen LogP contribution in [0.3, 0.4) is 0 Å². The van der Waals surface area contributed by atoms with Gasteiger partial charge in [-0.1, -0.05) is 0 Å². The van der Waals surface area contributed by atoms with Gasteiger partial charge in [0.2, 0.25) is 0 Å². The number of aromatic nitrogens is 2. The fraction of sp³-hybridized carbons (Fsp3) is 0.231. The summed E-state index contributed by atoms with van der Waals surface area (Å²) in [6.07, 6.45) is 9.29. The molecule has 1 aliphatic carbocycles. The van der Waals surface area contributed by atoms with E-state index in [1.54, 1.807) is 17.5 Å². The normalized spacial score (nSPS) is 14.2. The van der Waals surface area contributed by atoms with E-state index < -0.39 is 0 Å². The molecule has 0 unspecified atom stereocenters. The maximum absolute atomic E-state index is 10.8. The molecule has 3 nitrogen and oxygen atoms in total. The number of imidazole rings is 1. The molecule has 0 spiro atoms. The Morgan fingerprint density at radius 3 is 3.18 bits per heavy atom. The zero-order valence-electron chi connectivity index (χ0n) is 9.27. The van der Waals surface area contributed by atoms with Crippen LogP contribution in [-0.2, 0) is 17.6 Å². The molecule has 0 atom stereocenters. The number of aryl methyl sites for hydroxylation is 1. The first-order valence-corrected chi connectivity index (χ1v) is 6.42. The van der Waals surface area contributed by atoms with Gasteiger partial charge in [-0.3, -0.25) is 4.79 Å². The second-order valence-corrected chi connectivity index (χ2v) is 5.32. The molecule has 1 N–H and O–H groups in total. The fourth-order valence-electron chi connectivity index (χ4n) is 2.08. The highest BCUT2D eigenvalue weighted by atomic mass is 32.1. The van der Waals surface area contributed by atoms with Crippen molar-refractivity contribution in [1.29, 1.82) is 0 Å². The lowest BCUT2D eigenvalue weighted by atomic mass is 9.99. The van der Waals surface area contributed by atoms with Crippen molar-refractivity contribution in [2.24, 2.45) is 0 Å². The lowest BCUT2D eigenvalue weighted by Gasteiger charge is -2.06. The summed E-state index contributed by atoms with van der Waals surface area (Å²) < 4.78 is 0. The van der Waals surface area contributed by atoms with E-state index in [2.05, 4.69) is 16.0 Å². The number of allylic oxidation sites excluding steroid dienone is 1. The average Bonchev–Trinajstić information content (AvgIpc) is 2.96. The van der Waals surface area contributed by atoms with Gasteiger partial charge < -0.3 is 4.98 Å². The number of aldehydes is 1. The molecular weight excluding hydrogens is 232 g/mol. The maximum atomic E-state index is 10.8. The summed E-state index contributed by atoms with van der Waals surface area (Å²) >= 11 is 1.76. The first-order chi connectivity index (χ1) is 8.35. The predicted octanol–water partition coefficient (Wildman–Crippen LogP) is 2.59. The summed E-state index contributed by atoms with van der Waals surface area (Å²) in [5, 5.41) is 0. The first-order valence-electron chi connectivity index (χ1n) is 5.61. The molecule has 0 saturated heterocycles. The van der Waals surface area contributed by atoms with E-state index in [-0.39, 0.29) is 0 Å². The highest BCUT2D eigenvalue weighted by Crippen LogP contribution is 2.31. The van der Waals surface area contributed by atoms with E-state index in [4.69, 9.17) is 0 Å². The predicted molar refractivity (Wildman–Crippen MR) is 68.1 cm³/mol. The fourth-order valence-corrected chi connectivity index (χ4v) is 3.27. The summed E-state index contributed by atoms with van der Waals surface area (Å²) in [6.45, 7) is 0. The molecule has 4 heteroatoms. The number of aromatic amines is 1. The van der Waals surface area contributed by atoms with Crippen molar-refractivity contribution in [1.82, 2.24) is 9.97 Å². The average molecular weight is 244 g/mol. The van der Waals surface area contributed by atoms with Crippen LogP contribution in [-0.4, -0.2) is 16.3 Å². The van der Waals surface area contributed by atoms with Crippen LogP contribution >= 0.6 is 11.3 Å². The number of rotatable bonds is 3. The number of nitrogens with zero attached hydrogens (tertiary/aromatic N) is 1. The lowest BCUT2D eigenvalue weighted by molar-refractivity contribution is -0.105. The number of carbonyl (C=O) groups excluding carboxylic acids is 1. The number of thiophene rings is 1. The summed E-state index contributed by atoms with van der Waals surface area (Å²) in [7, 11) is 0. The van der Waals surface area contributed by atoms with Crippen molar-refractivity contribution >= 4 is 23.7 Å². The first kappa shape index (κ1) is 10.5. The van der Waals surface area contributed by atoms with E-state index in [0.29, 0.717) is 0 Å². The third kappa shape index (κ3) is 2.08. The van der Waals surface area contributed by atoms with Crippen LogP contribution in [0.5, 0.6) is 0 Å². The largest absolute Gasteiger partial charge is 0.348 e. The molecule has 0 aromatic carbocycles. The number of hydrogen-bond donors (Lipinski definition) is 1. The smallest absolute Gasteiger partial charge is 0.146 e. The van der Waals surface area contributed by atoms with Crippen LogP contribution in [0.2, 0.25) is 0 Å². The Hall–Kier alpha value is -1.68. The van der Waals surface area contributed by atoms with Gasteiger partial charge in [-0.15, -0.1) is 11.3 Å². The highest BCUT2D eigenvalue weighted by Gasteiger charge is 2.14. The molecule has 3 rings (SSSR count). The molecule has 2 aromatic rings. The number of fused-ring (bicyclic) bond motifs is 1. The number of nitrogens with one attached hydrogen (secondary N) is 1. The van der Waals surface area contributed by atoms with Crippen molar-refractivity contribution in [3.05, 3.63) is 45.2 Å². The minimum absolute atomic E-state index is 0.842. The van der Waals surface area contributed by atoms with Gasteiger partial charge in [-0.05, 0) is 36.1 Å². The third-order valence-corrected chi connectivity index (χ3v) is 4.06. The summed E-state index contributed by atoms with van der Waals surface area (Å²) in [5.41, 5.74) is 2.27. The molecule has 86 valence electrons. The van der Waals surface area contributed by atoms with Gasteiger partial charge in [0.25, 0.3) is 0 Å². The summed E-state index contributed by atoms with van der Waals surface area (Å²) in [5.74, 6) is 0.989. The van der Waals surface area contributed by atoms with Crippen molar-refractivity contribution < 1.29 is 4.79 Å². The van der Waals surface area contributed by atoms with Crippen molar-refractivity contribution in [3.8, 4) is 0 Å². The SMILES string of the molecule is O=CC1=Cc2sc(Cc3ncc[nH]3)cc2CC1. The maximum Gasteiger partial charge on any atom is 0.146 e. The van der Waals surface area contributed by atoms with Crippen LogP contribution in [0.15, 0.2) is 24.0 Å². The Morgan fingerprint density at radius 1 is 1.47 bits per heavy atom. The standard InChI is InChI=1S/C13H12N2OS/c16-8-9-1-2-10-6-11(17-12(10)5-9)7-13-14-3-4-15-13/h3-6,8H,1-2,7H2,(H,14,15). The van der Waals surface area contributed by atoms with Crippen molar-refractivity contribution in [3.63, 3.8) is 0 Å². The molecule has 2 heterocycles. The quantitative estimate of drug-likeness (QED) is 0.843. The topological polar surface area (TPSA) is 45.8 Å². The summed E-state index contributed by atoms with van der Waals surface area (Å²) in [6, 6.07) is 2.24. The Labute approximate surface area is 103 Å². The minimum Gasteiger partial charge on any atom is -0.348 e. The third-order valence-electron chi connectivity index (χ3n) is 2.94. The highest BCUT2D eigenvalue weighted by molar-refractivity contribution is 7.13. The Balaban J connectivity index is 1.88. The molecule has 0 amide bonds. The van der Waals surface area contributed by atoms with Gasteiger partial charge >= 0.3 is 0 Å². The van der Waals surface area contributed by atoms with E-state index >= 15 is 0 Å². The number of hydrogen-bond acceptors (Lipinski definition) is 3. The van der Waals surface area contributed by atoms with Gasteiger partial charge in [-0.2, -0.15) is 0 Å². The van der Waals surface area contributed by atoms with Crippen LogP contribution in [0.25, 0.3) is 6.08 Å². The zero-order chi connectivity index (χ0) is 11.7. The van der Waals surface area contributed by atoms with E-state index in [1.165, 1.54) is 15.3 Å². The van der Waals surface area contributed by atoms with Crippen LogP contribution in [0.4, 0.5) is 0 Å². The molecule has 0 radical (unpaired) electrons. The molecule has 0 fully saturated rings. The van der Waals surface area contributed by atoms with Gasteiger partial charge in [0.15, 0.2) is 0 Å². The molecule has 0 bridgehead atoms. The molecule has 2 aromatic heterocycles. The van der Waals surface area contributed by atoms with E-state index in [1.807, 2.05) is 12.3 Å². The van der Waals surface area contributed by atoms with Crippen LogP contribution in [0.1, 0.15) is 27.6 Å². The monoisotopic (exact) mass is 244 g/mol. The molecule has 0 saturated carbocycles. The molecule has 0 aliphatic heterocycles. The zero-order valence-corrected chi connectivity index (χ0v) is 10.1. The molecule has 1 aliphatic rings. The molecular formula is C13H12N2OS. The van der Waals surface area contributed by atoms with Crippen molar-refractivity contribution in [2.75, 3.05) is 0 Å². The second kappa shape index (κ2) is 4.30. The Kier molecular flexibility index (Phi) is 2.65. The molecule has 17 heavy (non-hydrogen) atoms. The van der Waals surface area contributed by atoms with E-state index in [9.17, 15) is 4.79 Å². The second-order valence-electron chi connectivity index (χ2n) is 4.15.